The summed E-state index contributed by atoms with van der Waals surface area (Å²) in [6.45, 7) is 0. The zero-order valence-electron chi connectivity index (χ0n) is 10.5. The van der Waals surface area contributed by atoms with Crippen LogP contribution < -0.4 is 5.32 Å². The van der Waals surface area contributed by atoms with Gasteiger partial charge in [-0.15, -0.1) is 11.6 Å². The lowest BCUT2D eigenvalue weighted by Gasteiger charge is -2.13. The summed E-state index contributed by atoms with van der Waals surface area (Å²) < 4.78 is 1.87. The molecule has 6 heteroatoms. The van der Waals surface area contributed by atoms with Gasteiger partial charge < -0.3 is 9.88 Å². The Hall–Kier alpha value is -1.90. The van der Waals surface area contributed by atoms with Gasteiger partial charge in [-0.1, -0.05) is 12.1 Å². The molecule has 0 aliphatic heterocycles. The second-order valence-corrected chi connectivity index (χ2v) is 5.10. The van der Waals surface area contributed by atoms with E-state index in [9.17, 15) is 4.79 Å². The van der Waals surface area contributed by atoms with E-state index < -0.39 is 0 Å². The van der Waals surface area contributed by atoms with Crippen LogP contribution in [-0.4, -0.2) is 16.4 Å². The van der Waals surface area contributed by atoms with Gasteiger partial charge in [-0.3, -0.25) is 4.79 Å². The van der Waals surface area contributed by atoms with Crippen LogP contribution in [0.1, 0.15) is 6.42 Å². The number of hydrogen-bond acceptors (Lipinski definition) is 3. The SMILES string of the molecule is N#CSc1cccn1-c1ccccc1NC(=O)CCCl. The normalized spacial score (nSPS) is 10.0. The highest BCUT2D eigenvalue weighted by Crippen LogP contribution is 2.27. The Morgan fingerprint density at radius 3 is 2.90 bits per heavy atom. The number of nitrogens with zero attached hydrogens (tertiary/aromatic N) is 2. The van der Waals surface area contributed by atoms with Crippen LogP contribution in [0.3, 0.4) is 0 Å². The maximum absolute atomic E-state index is 11.7. The summed E-state index contributed by atoms with van der Waals surface area (Å²) in [5.41, 5.74) is 1.51. The number of alkyl halides is 1. The Balaban J connectivity index is 2.34. The molecule has 2 aromatic rings. The van der Waals surface area contributed by atoms with Crippen LogP contribution in [0.5, 0.6) is 0 Å². The molecule has 4 nitrogen and oxygen atoms in total. The van der Waals surface area contributed by atoms with E-state index >= 15 is 0 Å². The number of anilines is 1. The number of carbonyl (C=O) groups excluding carboxylic acids is 1. The van der Waals surface area contributed by atoms with Gasteiger partial charge in [0.1, 0.15) is 5.40 Å². The lowest BCUT2D eigenvalue weighted by atomic mass is 10.2. The zero-order valence-corrected chi connectivity index (χ0v) is 12.1. The summed E-state index contributed by atoms with van der Waals surface area (Å²) in [6, 6.07) is 11.1. The first kappa shape index (κ1) is 14.5. The summed E-state index contributed by atoms with van der Waals surface area (Å²) in [6.07, 6.45) is 2.12. The molecule has 0 spiro atoms. The van der Waals surface area contributed by atoms with Gasteiger partial charge in [0, 0.05) is 30.3 Å². The Kier molecular flexibility index (Phi) is 5.10. The van der Waals surface area contributed by atoms with E-state index in [4.69, 9.17) is 16.9 Å². The number of thiocyanates is 1. The number of amides is 1. The number of aromatic nitrogens is 1. The summed E-state index contributed by atoms with van der Waals surface area (Å²) >= 11 is 6.64. The van der Waals surface area contributed by atoms with Gasteiger partial charge in [0.05, 0.1) is 16.4 Å². The second-order valence-electron chi connectivity index (χ2n) is 3.91. The highest BCUT2D eigenvalue weighted by atomic mass is 35.5. The number of rotatable bonds is 5. The number of para-hydroxylation sites is 2. The van der Waals surface area contributed by atoms with Crippen molar-refractivity contribution in [3.63, 3.8) is 0 Å². The Bertz CT molecular complexity index is 648. The third-order valence-electron chi connectivity index (χ3n) is 2.62. The van der Waals surface area contributed by atoms with Gasteiger partial charge in [-0.2, -0.15) is 5.26 Å². The molecule has 1 amide bonds. The molecule has 1 aromatic carbocycles. The number of nitrogens with one attached hydrogen (secondary N) is 1. The van der Waals surface area contributed by atoms with Gasteiger partial charge in [-0.05, 0) is 24.3 Å². The van der Waals surface area contributed by atoms with Crippen LogP contribution >= 0.6 is 23.4 Å². The van der Waals surface area contributed by atoms with Crippen molar-refractivity contribution in [2.45, 2.75) is 11.4 Å². The van der Waals surface area contributed by atoms with Crippen molar-refractivity contribution in [3.05, 3.63) is 42.6 Å². The van der Waals surface area contributed by atoms with Crippen molar-refractivity contribution in [1.29, 1.82) is 5.26 Å². The molecule has 0 fully saturated rings. The Labute approximate surface area is 126 Å². The molecule has 0 atom stereocenters. The van der Waals surface area contributed by atoms with Gasteiger partial charge >= 0.3 is 0 Å². The van der Waals surface area contributed by atoms with Crippen LogP contribution in [0.4, 0.5) is 5.69 Å². The minimum absolute atomic E-state index is 0.130. The second kappa shape index (κ2) is 7.04. The molecular formula is C14H12ClN3OS. The van der Waals surface area contributed by atoms with E-state index in [1.807, 2.05) is 47.2 Å². The molecule has 1 aromatic heterocycles. The fourth-order valence-corrected chi connectivity index (χ4v) is 2.45. The maximum Gasteiger partial charge on any atom is 0.225 e. The average molecular weight is 306 g/mol. The summed E-state index contributed by atoms with van der Waals surface area (Å²) in [4.78, 5) is 11.7. The van der Waals surface area contributed by atoms with Crippen LogP contribution in [0.15, 0.2) is 47.6 Å². The summed E-state index contributed by atoms with van der Waals surface area (Å²) in [7, 11) is 0. The molecule has 20 heavy (non-hydrogen) atoms. The van der Waals surface area contributed by atoms with Crippen molar-refractivity contribution in [1.82, 2.24) is 4.57 Å². The van der Waals surface area contributed by atoms with E-state index in [0.29, 0.717) is 5.69 Å². The first-order chi connectivity index (χ1) is 9.76. The number of halogens is 1. The van der Waals surface area contributed by atoms with E-state index in [1.165, 1.54) is 0 Å². The first-order valence-corrected chi connectivity index (χ1v) is 7.30. The molecule has 0 saturated heterocycles. The van der Waals surface area contributed by atoms with Crippen molar-refractivity contribution in [2.24, 2.45) is 0 Å². The molecule has 0 aliphatic carbocycles. The van der Waals surface area contributed by atoms with E-state index in [0.717, 1.165) is 22.5 Å². The fraction of sp³-hybridized carbons (Fsp3) is 0.143. The number of carbonyl (C=O) groups is 1. The summed E-state index contributed by atoms with van der Waals surface area (Å²) in [5.74, 6) is 0.154. The third kappa shape index (κ3) is 3.35. The maximum atomic E-state index is 11.7. The molecule has 102 valence electrons. The predicted molar refractivity (Wildman–Crippen MR) is 81.2 cm³/mol. The highest BCUT2D eigenvalue weighted by Gasteiger charge is 2.10. The first-order valence-electron chi connectivity index (χ1n) is 5.94. The van der Waals surface area contributed by atoms with E-state index in [2.05, 4.69) is 10.7 Å². The zero-order chi connectivity index (χ0) is 14.4. The fourth-order valence-electron chi connectivity index (χ4n) is 1.78. The predicted octanol–water partition coefficient (Wildman–Crippen LogP) is 3.62. The molecule has 0 aliphatic rings. The van der Waals surface area contributed by atoms with Crippen LogP contribution in [-0.2, 0) is 4.79 Å². The Morgan fingerprint density at radius 2 is 2.15 bits per heavy atom. The number of thioether (sulfide) groups is 1. The molecule has 0 bridgehead atoms. The van der Waals surface area contributed by atoms with Crippen molar-refractivity contribution in [3.8, 4) is 11.1 Å². The monoisotopic (exact) mass is 305 g/mol. The van der Waals surface area contributed by atoms with E-state index in [-0.39, 0.29) is 18.2 Å². The van der Waals surface area contributed by atoms with Crippen molar-refractivity contribution in [2.75, 3.05) is 11.2 Å². The molecule has 0 unspecified atom stereocenters. The van der Waals surface area contributed by atoms with Crippen LogP contribution in [0, 0.1) is 10.7 Å². The minimum atomic E-state index is -0.130. The number of nitriles is 1. The largest absolute Gasteiger partial charge is 0.324 e. The van der Waals surface area contributed by atoms with Gasteiger partial charge in [-0.25, -0.2) is 0 Å². The molecule has 0 radical (unpaired) electrons. The molecule has 1 heterocycles. The topological polar surface area (TPSA) is 57.8 Å². The average Bonchev–Trinajstić information content (AvgIpc) is 2.88. The molecule has 0 saturated carbocycles. The lowest BCUT2D eigenvalue weighted by molar-refractivity contribution is -0.115. The molecule has 1 N–H and O–H groups in total. The van der Waals surface area contributed by atoms with Gasteiger partial charge in [0.2, 0.25) is 5.91 Å². The standard InChI is InChI=1S/C14H12ClN3OS/c15-8-7-13(19)17-11-4-1-2-5-12(11)18-9-3-6-14(18)20-10-16/h1-6,9H,7-8H2,(H,17,19). The lowest BCUT2D eigenvalue weighted by Crippen LogP contribution is -2.13. The molecule has 2 rings (SSSR count). The molecular weight excluding hydrogens is 294 g/mol. The Morgan fingerprint density at radius 1 is 1.35 bits per heavy atom. The smallest absolute Gasteiger partial charge is 0.225 e. The summed E-state index contributed by atoms with van der Waals surface area (Å²) in [5, 5.41) is 14.5. The number of benzene rings is 1. The van der Waals surface area contributed by atoms with Crippen LogP contribution in [0.2, 0.25) is 0 Å². The quantitative estimate of drug-likeness (QED) is 0.521. The van der Waals surface area contributed by atoms with Crippen LogP contribution in [0.25, 0.3) is 5.69 Å². The third-order valence-corrected chi connectivity index (χ3v) is 3.44. The van der Waals surface area contributed by atoms with E-state index in [1.54, 1.807) is 0 Å². The minimum Gasteiger partial charge on any atom is -0.324 e. The van der Waals surface area contributed by atoms with Crippen molar-refractivity contribution < 1.29 is 4.79 Å². The van der Waals surface area contributed by atoms with Gasteiger partial charge in [0.25, 0.3) is 0 Å². The highest BCUT2D eigenvalue weighted by molar-refractivity contribution is 8.03. The van der Waals surface area contributed by atoms with Crippen molar-refractivity contribution >= 4 is 35.0 Å². The van der Waals surface area contributed by atoms with Gasteiger partial charge in [0.15, 0.2) is 0 Å². The number of hydrogen-bond donors (Lipinski definition) is 1.